The molecule has 0 aliphatic carbocycles. The summed E-state index contributed by atoms with van der Waals surface area (Å²) >= 11 is 0. The second-order valence-electron chi connectivity index (χ2n) is 6.49. The number of nitrogens with two attached hydrogens (primary N) is 1. The third-order valence-corrected chi connectivity index (χ3v) is 4.54. The standard InChI is InChI=1S/C23H23N3O2/c24-23(28)26-20-13-11-19(12-14-20)22(27)25-16-15-21(17-7-3-1-4-8-17)18-9-5-2-6-10-18/h1-14,21H,15-16H2,(H,25,27)(H3,24,26,28). The fourth-order valence-electron chi connectivity index (χ4n) is 3.18. The van der Waals surface area contributed by atoms with Gasteiger partial charge in [-0.05, 0) is 41.8 Å². The van der Waals surface area contributed by atoms with E-state index in [1.807, 2.05) is 36.4 Å². The minimum Gasteiger partial charge on any atom is -0.352 e. The maximum absolute atomic E-state index is 12.4. The molecule has 142 valence electrons. The van der Waals surface area contributed by atoms with Gasteiger partial charge in [-0.2, -0.15) is 0 Å². The van der Waals surface area contributed by atoms with Crippen LogP contribution in [0.1, 0.15) is 33.8 Å². The van der Waals surface area contributed by atoms with Crippen LogP contribution in [0.15, 0.2) is 84.9 Å². The van der Waals surface area contributed by atoms with E-state index < -0.39 is 6.03 Å². The molecule has 0 radical (unpaired) electrons. The summed E-state index contributed by atoms with van der Waals surface area (Å²) in [6, 6.07) is 26.6. The smallest absolute Gasteiger partial charge is 0.316 e. The first-order chi connectivity index (χ1) is 13.6. The highest BCUT2D eigenvalue weighted by Crippen LogP contribution is 2.27. The summed E-state index contributed by atoms with van der Waals surface area (Å²) in [4.78, 5) is 23.3. The molecule has 0 aliphatic heterocycles. The average molecular weight is 373 g/mol. The van der Waals surface area contributed by atoms with Crippen molar-refractivity contribution in [2.75, 3.05) is 11.9 Å². The zero-order valence-electron chi connectivity index (χ0n) is 15.5. The lowest BCUT2D eigenvalue weighted by atomic mass is 9.88. The third-order valence-electron chi connectivity index (χ3n) is 4.54. The number of primary amides is 1. The van der Waals surface area contributed by atoms with Gasteiger partial charge in [0.2, 0.25) is 0 Å². The molecular weight excluding hydrogens is 350 g/mol. The van der Waals surface area contributed by atoms with Crippen LogP contribution in [-0.2, 0) is 0 Å². The molecule has 4 N–H and O–H groups in total. The summed E-state index contributed by atoms with van der Waals surface area (Å²) in [6.07, 6.45) is 0.793. The summed E-state index contributed by atoms with van der Waals surface area (Å²) in [7, 11) is 0. The van der Waals surface area contributed by atoms with Gasteiger partial charge in [0.1, 0.15) is 0 Å². The summed E-state index contributed by atoms with van der Waals surface area (Å²) < 4.78 is 0. The molecule has 0 bridgehead atoms. The predicted octanol–water partition coefficient (Wildman–Crippen LogP) is 4.13. The van der Waals surface area contributed by atoms with E-state index in [1.54, 1.807) is 24.3 Å². The Morgan fingerprint density at radius 2 is 1.32 bits per heavy atom. The van der Waals surface area contributed by atoms with Crippen LogP contribution in [0, 0.1) is 0 Å². The zero-order valence-corrected chi connectivity index (χ0v) is 15.5. The number of carbonyl (C=O) groups is 2. The summed E-state index contributed by atoms with van der Waals surface area (Å²) in [5.41, 5.74) is 8.62. The monoisotopic (exact) mass is 373 g/mol. The fraction of sp³-hybridized carbons (Fsp3) is 0.130. The van der Waals surface area contributed by atoms with Crippen LogP contribution in [0.2, 0.25) is 0 Å². The van der Waals surface area contributed by atoms with Gasteiger partial charge in [-0.25, -0.2) is 4.79 Å². The van der Waals surface area contributed by atoms with Gasteiger partial charge in [0.15, 0.2) is 0 Å². The molecule has 0 aromatic heterocycles. The number of amides is 3. The molecule has 3 rings (SSSR count). The van der Waals surface area contributed by atoms with Crippen molar-refractivity contribution in [3.05, 3.63) is 102 Å². The van der Waals surface area contributed by atoms with E-state index in [4.69, 9.17) is 5.73 Å². The Labute approximate surface area is 164 Å². The lowest BCUT2D eigenvalue weighted by molar-refractivity contribution is 0.0953. The van der Waals surface area contributed by atoms with Crippen molar-refractivity contribution in [1.29, 1.82) is 0 Å². The molecule has 3 aromatic carbocycles. The SMILES string of the molecule is NC(=O)Nc1ccc(C(=O)NCCC(c2ccccc2)c2ccccc2)cc1. The van der Waals surface area contributed by atoms with Crippen molar-refractivity contribution >= 4 is 17.6 Å². The van der Waals surface area contributed by atoms with Crippen LogP contribution in [0.5, 0.6) is 0 Å². The Balaban J connectivity index is 1.62. The zero-order chi connectivity index (χ0) is 19.8. The van der Waals surface area contributed by atoms with Crippen LogP contribution >= 0.6 is 0 Å². The second kappa shape index (κ2) is 9.37. The van der Waals surface area contributed by atoms with Crippen LogP contribution < -0.4 is 16.4 Å². The highest BCUT2D eigenvalue weighted by molar-refractivity contribution is 5.95. The van der Waals surface area contributed by atoms with Crippen molar-refractivity contribution in [3.8, 4) is 0 Å². The third kappa shape index (κ3) is 5.20. The van der Waals surface area contributed by atoms with Gasteiger partial charge in [0.05, 0.1) is 0 Å². The van der Waals surface area contributed by atoms with E-state index >= 15 is 0 Å². The van der Waals surface area contributed by atoms with Crippen LogP contribution in [-0.4, -0.2) is 18.5 Å². The number of anilines is 1. The number of nitrogens with one attached hydrogen (secondary N) is 2. The first kappa shape index (κ1) is 19.2. The molecule has 28 heavy (non-hydrogen) atoms. The number of hydrogen-bond donors (Lipinski definition) is 3. The van der Waals surface area contributed by atoms with Gasteiger partial charge < -0.3 is 16.4 Å². The molecule has 0 atom stereocenters. The lowest BCUT2D eigenvalue weighted by Gasteiger charge is -2.18. The highest BCUT2D eigenvalue weighted by Gasteiger charge is 2.14. The number of carbonyl (C=O) groups excluding carboxylic acids is 2. The quantitative estimate of drug-likeness (QED) is 0.582. The maximum Gasteiger partial charge on any atom is 0.316 e. The first-order valence-electron chi connectivity index (χ1n) is 9.18. The predicted molar refractivity (Wildman–Crippen MR) is 111 cm³/mol. The van der Waals surface area contributed by atoms with Crippen molar-refractivity contribution in [2.24, 2.45) is 5.73 Å². The molecule has 3 aromatic rings. The minimum atomic E-state index is -0.634. The van der Waals surface area contributed by atoms with E-state index in [0.717, 1.165) is 6.42 Å². The van der Waals surface area contributed by atoms with Gasteiger partial charge >= 0.3 is 6.03 Å². The topological polar surface area (TPSA) is 84.2 Å². The van der Waals surface area contributed by atoms with Crippen molar-refractivity contribution < 1.29 is 9.59 Å². The molecule has 0 heterocycles. The molecule has 0 saturated carbocycles. The molecule has 0 aliphatic rings. The number of urea groups is 1. The van der Waals surface area contributed by atoms with Gasteiger partial charge in [-0.3, -0.25) is 4.79 Å². The Morgan fingerprint density at radius 3 is 1.82 bits per heavy atom. The maximum atomic E-state index is 12.4. The number of rotatable bonds is 7. The number of hydrogen-bond acceptors (Lipinski definition) is 2. The van der Waals surface area contributed by atoms with Crippen LogP contribution in [0.4, 0.5) is 10.5 Å². The van der Waals surface area contributed by atoms with Crippen molar-refractivity contribution in [3.63, 3.8) is 0 Å². The Morgan fingerprint density at radius 1 is 0.786 bits per heavy atom. The van der Waals surface area contributed by atoms with E-state index in [-0.39, 0.29) is 11.8 Å². The Hall–Kier alpha value is -3.60. The summed E-state index contributed by atoms with van der Waals surface area (Å²) in [5, 5.41) is 5.45. The molecule has 0 spiro atoms. The number of benzene rings is 3. The highest BCUT2D eigenvalue weighted by atomic mass is 16.2. The largest absolute Gasteiger partial charge is 0.352 e. The van der Waals surface area contributed by atoms with Crippen LogP contribution in [0.25, 0.3) is 0 Å². The Bertz CT molecular complexity index is 870. The van der Waals surface area contributed by atoms with Gasteiger partial charge in [-0.1, -0.05) is 60.7 Å². The minimum absolute atomic E-state index is 0.148. The first-order valence-corrected chi connectivity index (χ1v) is 9.18. The van der Waals surface area contributed by atoms with E-state index in [2.05, 4.69) is 34.9 Å². The van der Waals surface area contributed by atoms with Gasteiger partial charge in [0, 0.05) is 23.7 Å². The lowest BCUT2D eigenvalue weighted by Crippen LogP contribution is -2.26. The van der Waals surface area contributed by atoms with Gasteiger partial charge in [0.25, 0.3) is 5.91 Å². The fourth-order valence-corrected chi connectivity index (χ4v) is 3.18. The van der Waals surface area contributed by atoms with Crippen molar-refractivity contribution in [1.82, 2.24) is 5.32 Å². The second-order valence-corrected chi connectivity index (χ2v) is 6.49. The van der Waals surface area contributed by atoms with E-state index in [1.165, 1.54) is 11.1 Å². The molecule has 0 unspecified atom stereocenters. The average Bonchev–Trinajstić information content (AvgIpc) is 2.72. The molecule has 5 heteroatoms. The molecular formula is C23H23N3O2. The van der Waals surface area contributed by atoms with E-state index in [9.17, 15) is 9.59 Å². The van der Waals surface area contributed by atoms with Crippen LogP contribution in [0.3, 0.4) is 0 Å². The molecule has 0 saturated heterocycles. The Kier molecular flexibility index (Phi) is 6.41. The summed E-state index contributed by atoms with van der Waals surface area (Å²) in [5.74, 6) is 0.0651. The van der Waals surface area contributed by atoms with E-state index in [0.29, 0.717) is 17.8 Å². The molecule has 5 nitrogen and oxygen atoms in total. The van der Waals surface area contributed by atoms with Crippen molar-refractivity contribution in [2.45, 2.75) is 12.3 Å². The molecule has 0 fully saturated rings. The van der Waals surface area contributed by atoms with Gasteiger partial charge in [-0.15, -0.1) is 0 Å². The normalized spacial score (nSPS) is 10.5. The summed E-state index contributed by atoms with van der Waals surface area (Å²) in [6.45, 7) is 0.550. The molecule has 3 amide bonds.